The van der Waals surface area contributed by atoms with Gasteiger partial charge in [0.05, 0.1) is 6.61 Å². The van der Waals surface area contributed by atoms with Crippen molar-refractivity contribution in [2.24, 2.45) is 11.7 Å². The maximum absolute atomic E-state index is 13.2. The van der Waals surface area contributed by atoms with Gasteiger partial charge in [-0.25, -0.2) is 8.78 Å². The van der Waals surface area contributed by atoms with Gasteiger partial charge in [0.15, 0.2) is 17.4 Å². The van der Waals surface area contributed by atoms with E-state index in [1.54, 1.807) is 6.92 Å². The molecule has 0 saturated carbocycles. The van der Waals surface area contributed by atoms with Gasteiger partial charge in [-0.3, -0.25) is 4.79 Å². The molecule has 6 heteroatoms. The fourth-order valence-electron chi connectivity index (χ4n) is 1.33. The number of amides is 1. The lowest BCUT2D eigenvalue weighted by Gasteiger charge is -2.09. The normalized spacial score (nSPS) is 12.2. The fraction of sp³-hybridized carbons (Fsp3) is 0.417. The summed E-state index contributed by atoms with van der Waals surface area (Å²) in [6.07, 6.45) is 0.948. The van der Waals surface area contributed by atoms with Gasteiger partial charge in [-0.05, 0) is 25.0 Å². The standard InChI is InChI=1S/C12H14F3NO2/c1-7(12(16)17)3-2-6-18-9-5-4-8(13)10(14)11(9)15/h4-5,7H,2-3,6H2,1H3,(H2,16,17). The molecule has 1 aromatic rings. The third-order valence-electron chi connectivity index (χ3n) is 2.52. The Morgan fingerprint density at radius 1 is 1.33 bits per heavy atom. The summed E-state index contributed by atoms with van der Waals surface area (Å²) in [6, 6.07) is 1.81. The Hall–Kier alpha value is -1.72. The van der Waals surface area contributed by atoms with E-state index in [0.29, 0.717) is 12.8 Å². The Bertz CT molecular complexity index is 438. The van der Waals surface area contributed by atoms with E-state index in [9.17, 15) is 18.0 Å². The van der Waals surface area contributed by atoms with Crippen LogP contribution in [0.25, 0.3) is 0 Å². The zero-order valence-corrected chi connectivity index (χ0v) is 9.88. The first kappa shape index (κ1) is 14.3. The van der Waals surface area contributed by atoms with Crippen molar-refractivity contribution in [2.75, 3.05) is 6.61 Å². The first-order valence-electron chi connectivity index (χ1n) is 5.49. The van der Waals surface area contributed by atoms with E-state index in [1.807, 2.05) is 0 Å². The summed E-state index contributed by atoms with van der Waals surface area (Å²) in [5.74, 6) is -5.24. The zero-order chi connectivity index (χ0) is 13.7. The maximum Gasteiger partial charge on any atom is 0.220 e. The summed E-state index contributed by atoms with van der Waals surface area (Å²) in [5.41, 5.74) is 5.06. The van der Waals surface area contributed by atoms with E-state index in [4.69, 9.17) is 10.5 Å². The highest BCUT2D eigenvalue weighted by Gasteiger charge is 2.14. The Morgan fingerprint density at radius 3 is 2.61 bits per heavy atom. The molecule has 1 aromatic carbocycles. The number of nitrogens with two attached hydrogens (primary N) is 1. The molecule has 1 amide bonds. The SMILES string of the molecule is CC(CCCOc1ccc(F)c(F)c1F)C(N)=O. The van der Waals surface area contributed by atoms with Crippen molar-refractivity contribution >= 4 is 5.91 Å². The van der Waals surface area contributed by atoms with Crippen LogP contribution in [0.5, 0.6) is 5.75 Å². The average molecular weight is 261 g/mol. The van der Waals surface area contributed by atoms with Gasteiger partial charge in [0, 0.05) is 5.92 Å². The third kappa shape index (κ3) is 3.65. The molecule has 0 aliphatic rings. The largest absolute Gasteiger partial charge is 0.490 e. The van der Waals surface area contributed by atoms with E-state index in [2.05, 4.69) is 0 Å². The van der Waals surface area contributed by atoms with E-state index in [0.717, 1.165) is 12.1 Å². The van der Waals surface area contributed by atoms with E-state index in [-0.39, 0.29) is 18.3 Å². The summed E-state index contributed by atoms with van der Waals surface area (Å²) in [7, 11) is 0. The number of halogens is 3. The highest BCUT2D eigenvalue weighted by Crippen LogP contribution is 2.22. The van der Waals surface area contributed by atoms with Crippen LogP contribution in [0.4, 0.5) is 13.2 Å². The fourth-order valence-corrected chi connectivity index (χ4v) is 1.33. The van der Waals surface area contributed by atoms with Gasteiger partial charge >= 0.3 is 0 Å². The molecular formula is C12H14F3NO2. The lowest BCUT2D eigenvalue weighted by molar-refractivity contribution is -0.121. The molecule has 18 heavy (non-hydrogen) atoms. The lowest BCUT2D eigenvalue weighted by Crippen LogP contribution is -2.20. The Morgan fingerprint density at radius 2 is 2.00 bits per heavy atom. The second-order valence-corrected chi connectivity index (χ2v) is 3.97. The first-order valence-corrected chi connectivity index (χ1v) is 5.49. The quantitative estimate of drug-likeness (QED) is 0.631. The van der Waals surface area contributed by atoms with Crippen molar-refractivity contribution in [3.63, 3.8) is 0 Å². The van der Waals surface area contributed by atoms with E-state index >= 15 is 0 Å². The first-order chi connectivity index (χ1) is 8.43. The molecule has 0 heterocycles. The van der Waals surface area contributed by atoms with Crippen molar-refractivity contribution in [3.8, 4) is 5.75 Å². The van der Waals surface area contributed by atoms with Crippen LogP contribution in [0.1, 0.15) is 19.8 Å². The molecule has 0 aliphatic heterocycles. The van der Waals surface area contributed by atoms with Crippen molar-refractivity contribution in [1.82, 2.24) is 0 Å². The van der Waals surface area contributed by atoms with Gasteiger partial charge in [0.2, 0.25) is 11.7 Å². The van der Waals surface area contributed by atoms with Crippen LogP contribution in [0.15, 0.2) is 12.1 Å². The van der Waals surface area contributed by atoms with Crippen LogP contribution in [-0.4, -0.2) is 12.5 Å². The van der Waals surface area contributed by atoms with Crippen LogP contribution < -0.4 is 10.5 Å². The highest BCUT2D eigenvalue weighted by atomic mass is 19.2. The number of primary amides is 1. The Labute approximate surface area is 103 Å². The van der Waals surface area contributed by atoms with Crippen molar-refractivity contribution in [3.05, 3.63) is 29.6 Å². The van der Waals surface area contributed by atoms with Gasteiger partial charge in [-0.2, -0.15) is 4.39 Å². The molecule has 1 rings (SSSR count). The van der Waals surface area contributed by atoms with Crippen molar-refractivity contribution in [1.29, 1.82) is 0 Å². The molecule has 0 saturated heterocycles. The molecule has 2 N–H and O–H groups in total. The second-order valence-electron chi connectivity index (χ2n) is 3.97. The predicted octanol–water partition coefficient (Wildman–Crippen LogP) is 2.38. The number of benzene rings is 1. The van der Waals surface area contributed by atoms with Crippen molar-refractivity contribution in [2.45, 2.75) is 19.8 Å². The van der Waals surface area contributed by atoms with E-state index < -0.39 is 23.4 Å². The third-order valence-corrected chi connectivity index (χ3v) is 2.52. The number of carbonyl (C=O) groups is 1. The molecule has 0 spiro atoms. The Balaban J connectivity index is 2.45. The van der Waals surface area contributed by atoms with Crippen LogP contribution in [-0.2, 0) is 4.79 Å². The summed E-state index contributed by atoms with van der Waals surface area (Å²) in [4.78, 5) is 10.7. The van der Waals surface area contributed by atoms with Gasteiger partial charge in [-0.15, -0.1) is 0 Å². The van der Waals surface area contributed by atoms with Gasteiger partial charge in [-0.1, -0.05) is 6.92 Å². The molecule has 3 nitrogen and oxygen atoms in total. The maximum atomic E-state index is 13.2. The molecule has 100 valence electrons. The molecule has 0 radical (unpaired) electrons. The zero-order valence-electron chi connectivity index (χ0n) is 9.88. The summed E-state index contributed by atoms with van der Waals surface area (Å²) in [5, 5.41) is 0. The van der Waals surface area contributed by atoms with Crippen LogP contribution in [0.3, 0.4) is 0 Å². The van der Waals surface area contributed by atoms with Crippen LogP contribution in [0, 0.1) is 23.4 Å². The molecule has 0 aromatic heterocycles. The summed E-state index contributed by atoms with van der Waals surface area (Å²) < 4.78 is 43.6. The molecule has 1 unspecified atom stereocenters. The van der Waals surface area contributed by atoms with Gasteiger partial charge < -0.3 is 10.5 Å². The molecule has 0 bridgehead atoms. The number of hydrogen-bond donors (Lipinski definition) is 1. The topological polar surface area (TPSA) is 52.3 Å². The number of ether oxygens (including phenoxy) is 1. The minimum atomic E-state index is -1.56. The summed E-state index contributed by atoms with van der Waals surface area (Å²) >= 11 is 0. The van der Waals surface area contributed by atoms with Crippen molar-refractivity contribution < 1.29 is 22.7 Å². The van der Waals surface area contributed by atoms with E-state index in [1.165, 1.54) is 0 Å². The number of rotatable bonds is 6. The number of hydrogen-bond acceptors (Lipinski definition) is 2. The minimum Gasteiger partial charge on any atom is -0.490 e. The monoisotopic (exact) mass is 261 g/mol. The van der Waals surface area contributed by atoms with Gasteiger partial charge in [0.25, 0.3) is 0 Å². The molecule has 0 fully saturated rings. The predicted molar refractivity (Wildman–Crippen MR) is 59.4 cm³/mol. The van der Waals surface area contributed by atoms with Crippen LogP contribution in [0.2, 0.25) is 0 Å². The van der Waals surface area contributed by atoms with Gasteiger partial charge in [0.1, 0.15) is 0 Å². The smallest absolute Gasteiger partial charge is 0.220 e. The van der Waals surface area contributed by atoms with Crippen LogP contribution >= 0.6 is 0 Å². The minimum absolute atomic E-state index is 0.0968. The molecule has 0 aliphatic carbocycles. The highest BCUT2D eigenvalue weighted by molar-refractivity contribution is 5.76. The second kappa shape index (κ2) is 6.28. The number of carbonyl (C=O) groups excluding carboxylic acids is 1. The Kier molecular flexibility index (Phi) is 5.00. The summed E-state index contributed by atoms with van der Waals surface area (Å²) in [6.45, 7) is 1.76. The molecule has 1 atom stereocenters. The molecular weight excluding hydrogens is 247 g/mol. The lowest BCUT2D eigenvalue weighted by atomic mass is 10.1. The average Bonchev–Trinajstić information content (AvgIpc) is 2.33.